The molecule has 1 aromatic carbocycles. The quantitative estimate of drug-likeness (QED) is 0.869. The van der Waals surface area contributed by atoms with Gasteiger partial charge in [-0.3, -0.25) is 19.6 Å². The van der Waals surface area contributed by atoms with Gasteiger partial charge in [-0.05, 0) is 29.8 Å². The van der Waals surface area contributed by atoms with Gasteiger partial charge in [-0.25, -0.2) is 0 Å². The third-order valence-electron chi connectivity index (χ3n) is 4.41. The van der Waals surface area contributed by atoms with Crippen LogP contribution in [0.25, 0.3) is 0 Å². The van der Waals surface area contributed by atoms with Crippen LogP contribution in [-0.4, -0.2) is 53.4 Å². The van der Waals surface area contributed by atoms with Crippen LogP contribution in [-0.2, 0) is 17.5 Å². The molecule has 0 unspecified atom stereocenters. The maximum Gasteiger partial charge on any atom is 0.433 e. The van der Waals surface area contributed by atoms with Crippen LogP contribution in [0.1, 0.15) is 11.3 Å². The highest BCUT2D eigenvalue weighted by atomic mass is 19.4. The average Bonchev–Trinajstić information content (AvgIpc) is 2.64. The Morgan fingerprint density at radius 1 is 1.04 bits per heavy atom. The molecule has 1 N–H and O–H groups in total. The summed E-state index contributed by atoms with van der Waals surface area (Å²) in [6, 6.07) is 12.0. The minimum Gasteiger partial charge on any atom is -0.325 e. The van der Waals surface area contributed by atoms with Crippen LogP contribution in [0.3, 0.4) is 0 Å². The number of benzene rings is 1. The molecule has 5 nitrogen and oxygen atoms in total. The number of pyridine rings is 1. The maximum absolute atomic E-state index is 12.8. The second-order valence-electron chi connectivity index (χ2n) is 6.51. The molecule has 8 heteroatoms. The summed E-state index contributed by atoms with van der Waals surface area (Å²) in [6.07, 6.45) is -3.23. The molecule has 1 aliphatic heterocycles. The van der Waals surface area contributed by atoms with E-state index in [2.05, 4.69) is 15.2 Å². The number of para-hydroxylation sites is 1. The number of hydrogen-bond donors (Lipinski definition) is 1. The number of nitrogens with one attached hydrogen (secondary N) is 1. The van der Waals surface area contributed by atoms with E-state index in [4.69, 9.17) is 0 Å². The van der Waals surface area contributed by atoms with E-state index in [9.17, 15) is 18.0 Å². The fourth-order valence-electron chi connectivity index (χ4n) is 3.02. The zero-order chi connectivity index (χ0) is 19.3. The van der Waals surface area contributed by atoms with E-state index >= 15 is 0 Å². The van der Waals surface area contributed by atoms with Gasteiger partial charge in [0, 0.05) is 44.6 Å². The molecule has 1 fully saturated rings. The van der Waals surface area contributed by atoms with Gasteiger partial charge in [-0.15, -0.1) is 0 Å². The van der Waals surface area contributed by atoms with Gasteiger partial charge in [0.15, 0.2) is 0 Å². The number of aromatic nitrogens is 1. The highest BCUT2D eigenvalue weighted by molar-refractivity contribution is 5.92. The standard InChI is InChI=1S/C19H21F3N4O/c20-19(21,22)17-12-15(6-7-23-17)13-25-8-10-26(11-9-25)14-18(27)24-16-4-2-1-3-5-16/h1-7,12H,8-11,13-14H2,(H,24,27). The number of carbonyl (C=O) groups is 1. The van der Waals surface area contributed by atoms with Crippen molar-refractivity contribution in [3.05, 3.63) is 59.9 Å². The Morgan fingerprint density at radius 3 is 2.37 bits per heavy atom. The number of rotatable bonds is 5. The summed E-state index contributed by atoms with van der Waals surface area (Å²) in [4.78, 5) is 19.6. The molecule has 0 bridgehead atoms. The van der Waals surface area contributed by atoms with Crippen LogP contribution in [0, 0.1) is 0 Å². The molecular weight excluding hydrogens is 357 g/mol. The van der Waals surface area contributed by atoms with Crippen LogP contribution in [0.5, 0.6) is 0 Å². The molecule has 1 aromatic heterocycles. The van der Waals surface area contributed by atoms with Gasteiger partial charge in [0.2, 0.25) is 5.91 Å². The summed E-state index contributed by atoms with van der Waals surface area (Å²) in [6.45, 7) is 3.52. The Morgan fingerprint density at radius 2 is 1.70 bits per heavy atom. The first-order valence-electron chi connectivity index (χ1n) is 8.72. The van der Waals surface area contributed by atoms with E-state index < -0.39 is 11.9 Å². The number of nitrogens with zero attached hydrogens (tertiary/aromatic N) is 3. The molecule has 2 aromatic rings. The number of alkyl halides is 3. The summed E-state index contributed by atoms with van der Waals surface area (Å²) in [5.74, 6) is -0.0707. The van der Waals surface area contributed by atoms with Gasteiger partial charge in [-0.2, -0.15) is 13.2 Å². The Labute approximate surface area is 155 Å². The highest BCUT2D eigenvalue weighted by Crippen LogP contribution is 2.28. The lowest BCUT2D eigenvalue weighted by atomic mass is 10.2. The molecule has 0 spiro atoms. The van der Waals surface area contributed by atoms with Crippen molar-refractivity contribution in [1.29, 1.82) is 0 Å². The Bertz CT molecular complexity index is 759. The van der Waals surface area contributed by atoms with Gasteiger partial charge in [0.05, 0.1) is 6.54 Å². The van der Waals surface area contributed by atoms with Crippen LogP contribution < -0.4 is 5.32 Å². The van der Waals surface area contributed by atoms with Gasteiger partial charge in [0.25, 0.3) is 0 Å². The summed E-state index contributed by atoms with van der Waals surface area (Å²) in [7, 11) is 0. The maximum atomic E-state index is 12.8. The van der Waals surface area contributed by atoms with Gasteiger partial charge >= 0.3 is 6.18 Å². The van der Waals surface area contributed by atoms with Crippen LogP contribution in [0.4, 0.5) is 18.9 Å². The lowest BCUT2D eigenvalue weighted by Crippen LogP contribution is -2.48. The summed E-state index contributed by atoms with van der Waals surface area (Å²) in [5, 5.41) is 2.85. The highest BCUT2D eigenvalue weighted by Gasteiger charge is 2.32. The smallest absolute Gasteiger partial charge is 0.325 e. The van der Waals surface area contributed by atoms with Gasteiger partial charge in [-0.1, -0.05) is 18.2 Å². The number of piperazine rings is 1. The monoisotopic (exact) mass is 378 g/mol. The van der Waals surface area contributed by atoms with Crippen molar-refractivity contribution < 1.29 is 18.0 Å². The first-order chi connectivity index (χ1) is 12.9. The van der Waals surface area contributed by atoms with Crippen molar-refractivity contribution in [1.82, 2.24) is 14.8 Å². The van der Waals surface area contributed by atoms with Crippen molar-refractivity contribution in [3.8, 4) is 0 Å². The van der Waals surface area contributed by atoms with E-state index in [1.54, 1.807) is 6.07 Å². The molecule has 27 heavy (non-hydrogen) atoms. The molecule has 0 radical (unpaired) electrons. The molecule has 1 saturated heterocycles. The molecule has 0 saturated carbocycles. The molecule has 2 heterocycles. The number of halogens is 3. The molecule has 0 atom stereocenters. The first-order valence-corrected chi connectivity index (χ1v) is 8.72. The lowest BCUT2D eigenvalue weighted by Gasteiger charge is -2.34. The zero-order valence-corrected chi connectivity index (χ0v) is 14.7. The molecule has 144 valence electrons. The minimum absolute atomic E-state index is 0.0707. The third-order valence-corrected chi connectivity index (χ3v) is 4.41. The zero-order valence-electron chi connectivity index (χ0n) is 14.7. The second kappa shape index (κ2) is 8.49. The molecule has 1 aliphatic rings. The number of carbonyl (C=O) groups excluding carboxylic acids is 1. The van der Waals surface area contributed by atoms with Gasteiger partial charge < -0.3 is 5.32 Å². The van der Waals surface area contributed by atoms with Crippen molar-refractivity contribution in [2.45, 2.75) is 12.7 Å². The predicted octanol–water partition coefficient (Wildman–Crippen LogP) is 2.86. The van der Waals surface area contributed by atoms with E-state index in [-0.39, 0.29) is 5.91 Å². The van der Waals surface area contributed by atoms with Crippen molar-refractivity contribution in [2.75, 3.05) is 38.0 Å². The fraction of sp³-hybridized carbons (Fsp3) is 0.368. The Balaban J connectivity index is 1.46. The van der Waals surface area contributed by atoms with E-state index in [0.29, 0.717) is 44.8 Å². The number of anilines is 1. The first kappa shape index (κ1) is 19.3. The fourth-order valence-corrected chi connectivity index (χ4v) is 3.02. The molecule has 3 rings (SSSR count). The summed E-state index contributed by atoms with van der Waals surface area (Å²) < 4.78 is 38.3. The van der Waals surface area contributed by atoms with Crippen molar-refractivity contribution in [3.63, 3.8) is 0 Å². The lowest BCUT2D eigenvalue weighted by molar-refractivity contribution is -0.141. The molecule has 1 amide bonds. The molecule has 0 aliphatic carbocycles. The van der Waals surface area contributed by atoms with E-state index in [1.165, 1.54) is 6.20 Å². The summed E-state index contributed by atoms with van der Waals surface area (Å²) >= 11 is 0. The minimum atomic E-state index is -4.43. The largest absolute Gasteiger partial charge is 0.433 e. The van der Waals surface area contributed by atoms with E-state index in [1.807, 2.05) is 35.2 Å². The summed E-state index contributed by atoms with van der Waals surface area (Å²) in [5.41, 5.74) is 0.489. The normalized spacial score (nSPS) is 16.3. The van der Waals surface area contributed by atoms with Crippen LogP contribution in [0.2, 0.25) is 0 Å². The SMILES string of the molecule is O=C(CN1CCN(Cc2ccnc(C(F)(F)F)c2)CC1)Nc1ccccc1. The average molecular weight is 378 g/mol. The van der Waals surface area contributed by atoms with Crippen LogP contribution in [0.15, 0.2) is 48.7 Å². The topological polar surface area (TPSA) is 48.5 Å². The van der Waals surface area contributed by atoms with E-state index in [0.717, 1.165) is 11.8 Å². The second-order valence-corrected chi connectivity index (χ2v) is 6.51. The number of hydrogen-bond acceptors (Lipinski definition) is 4. The van der Waals surface area contributed by atoms with Crippen molar-refractivity contribution in [2.24, 2.45) is 0 Å². The Kier molecular flexibility index (Phi) is 6.08. The van der Waals surface area contributed by atoms with Crippen LogP contribution >= 0.6 is 0 Å². The molecular formula is C19H21F3N4O. The Hall–Kier alpha value is -2.45. The predicted molar refractivity (Wildman–Crippen MR) is 96.0 cm³/mol. The third kappa shape index (κ3) is 5.77. The van der Waals surface area contributed by atoms with Crippen molar-refractivity contribution >= 4 is 11.6 Å². The number of amides is 1. The van der Waals surface area contributed by atoms with Gasteiger partial charge in [0.1, 0.15) is 5.69 Å².